The van der Waals surface area contributed by atoms with Crippen molar-refractivity contribution in [2.45, 2.75) is 45.8 Å². The summed E-state index contributed by atoms with van der Waals surface area (Å²) in [5, 5.41) is 7.50. The van der Waals surface area contributed by atoms with Crippen LogP contribution in [-0.2, 0) is 17.9 Å². The number of carbonyl (C=O) groups is 1. The van der Waals surface area contributed by atoms with Crippen LogP contribution in [0.1, 0.15) is 44.2 Å². The normalized spacial score (nSPS) is 17.9. The van der Waals surface area contributed by atoms with Crippen molar-refractivity contribution in [3.05, 3.63) is 42.1 Å². The van der Waals surface area contributed by atoms with E-state index in [1.165, 1.54) is 5.69 Å². The SMILES string of the molecule is CC(C)CC(=O)NCCC1CN(Cc2ccco2)Cc2ccnn21. The Morgan fingerprint density at radius 1 is 1.46 bits per heavy atom. The summed E-state index contributed by atoms with van der Waals surface area (Å²) < 4.78 is 7.57. The molecular weight excluding hydrogens is 304 g/mol. The first-order valence-electron chi connectivity index (χ1n) is 8.65. The number of fused-ring (bicyclic) bond motifs is 1. The number of rotatable bonds is 7. The molecule has 2 aromatic rings. The van der Waals surface area contributed by atoms with Crippen LogP contribution in [0.15, 0.2) is 35.1 Å². The van der Waals surface area contributed by atoms with E-state index in [2.05, 4.69) is 39.9 Å². The van der Waals surface area contributed by atoms with E-state index >= 15 is 0 Å². The maximum atomic E-state index is 11.8. The van der Waals surface area contributed by atoms with Gasteiger partial charge in [-0.2, -0.15) is 5.10 Å². The molecule has 0 spiro atoms. The summed E-state index contributed by atoms with van der Waals surface area (Å²) in [6, 6.07) is 6.27. The van der Waals surface area contributed by atoms with E-state index < -0.39 is 0 Å². The smallest absolute Gasteiger partial charge is 0.220 e. The molecular formula is C18H26N4O2. The van der Waals surface area contributed by atoms with Crippen molar-refractivity contribution in [1.82, 2.24) is 20.0 Å². The van der Waals surface area contributed by atoms with Crippen LogP contribution in [0.5, 0.6) is 0 Å². The van der Waals surface area contributed by atoms with Gasteiger partial charge in [0.1, 0.15) is 5.76 Å². The Morgan fingerprint density at radius 3 is 3.08 bits per heavy atom. The molecule has 3 heterocycles. The van der Waals surface area contributed by atoms with Gasteiger partial charge in [0.15, 0.2) is 0 Å². The lowest BCUT2D eigenvalue weighted by Crippen LogP contribution is -2.39. The van der Waals surface area contributed by atoms with Crippen LogP contribution in [-0.4, -0.2) is 33.7 Å². The third kappa shape index (κ3) is 4.26. The third-order valence-electron chi connectivity index (χ3n) is 4.31. The molecule has 0 fully saturated rings. The van der Waals surface area contributed by atoms with Gasteiger partial charge >= 0.3 is 0 Å². The summed E-state index contributed by atoms with van der Waals surface area (Å²) in [5.41, 5.74) is 1.21. The monoisotopic (exact) mass is 330 g/mol. The third-order valence-corrected chi connectivity index (χ3v) is 4.31. The maximum absolute atomic E-state index is 11.8. The average molecular weight is 330 g/mol. The van der Waals surface area contributed by atoms with Crippen molar-refractivity contribution in [3.8, 4) is 0 Å². The fourth-order valence-electron chi connectivity index (χ4n) is 3.24. The highest BCUT2D eigenvalue weighted by atomic mass is 16.3. The number of hydrogen-bond acceptors (Lipinski definition) is 4. The molecule has 6 heteroatoms. The minimum Gasteiger partial charge on any atom is -0.468 e. The molecule has 6 nitrogen and oxygen atoms in total. The van der Waals surface area contributed by atoms with Gasteiger partial charge in [-0.25, -0.2) is 0 Å². The molecule has 1 amide bonds. The van der Waals surface area contributed by atoms with Gasteiger partial charge in [0.2, 0.25) is 5.91 Å². The van der Waals surface area contributed by atoms with Crippen LogP contribution in [0.3, 0.4) is 0 Å². The minimum atomic E-state index is 0.133. The second-order valence-electron chi connectivity index (χ2n) is 6.91. The van der Waals surface area contributed by atoms with E-state index in [0.29, 0.717) is 18.9 Å². The molecule has 0 aromatic carbocycles. The molecule has 3 rings (SSSR count). The van der Waals surface area contributed by atoms with Crippen molar-refractivity contribution < 1.29 is 9.21 Å². The first-order chi connectivity index (χ1) is 11.6. The Hall–Kier alpha value is -2.08. The van der Waals surface area contributed by atoms with Gasteiger partial charge in [-0.3, -0.25) is 14.4 Å². The Morgan fingerprint density at radius 2 is 2.33 bits per heavy atom. The van der Waals surface area contributed by atoms with Crippen molar-refractivity contribution in [2.24, 2.45) is 5.92 Å². The van der Waals surface area contributed by atoms with E-state index in [0.717, 1.165) is 31.8 Å². The van der Waals surface area contributed by atoms with E-state index in [-0.39, 0.29) is 11.9 Å². The average Bonchev–Trinajstić information content (AvgIpc) is 3.17. The Kier molecular flexibility index (Phi) is 5.35. The summed E-state index contributed by atoms with van der Waals surface area (Å²) in [6.07, 6.45) is 5.04. The Labute approximate surface area is 142 Å². The highest BCUT2D eigenvalue weighted by Crippen LogP contribution is 2.24. The fraction of sp³-hybridized carbons (Fsp3) is 0.556. The summed E-state index contributed by atoms with van der Waals surface area (Å²) in [6.45, 7) is 7.39. The number of amides is 1. The predicted octanol–water partition coefficient (Wildman–Crippen LogP) is 2.59. The van der Waals surface area contributed by atoms with Gasteiger partial charge in [-0.1, -0.05) is 13.8 Å². The lowest BCUT2D eigenvalue weighted by atomic mass is 10.1. The van der Waals surface area contributed by atoms with Gasteiger partial charge in [-0.05, 0) is 30.5 Å². The molecule has 2 aromatic heterocycles. The number of nitrogens with zero attached hydrogens (tertiary/aromatic N) is 3. The molecule has 1 atom stereocenters. The number of carbonyl (C=O) groups excluding carboxylic acids is 1. The largest absolute Gasteiger partial charge is 0.468 e. The molecule has 0 bridgehead atoms. The van der Waals surface area contributed by atoms with E-state index in [1.807, 2.05) is 18.3 Å². The lowest BCUT2D eigenvalue weighted by Gasteiger charge is -2.33. The van der Waals surface area contributed by atoms with Gasteiger partial charge < -0.3 is 9.73 Å². The van der Waals surface area contributed by atoms with Crippen molar-refractivity contribution in [1.29, 1.82) is 0 Å². The van der Waals surface area contributed by atoms with E-state index in [9.17, 15) is 4.79 Å². The summed E-state index contributed by atoms with van der Waals surface area (Å²) in [5.74, 6) is 1.50. The molecule has 130 valence electrons. The molecule has 24 heavy (non-hydrogen) atoms. The first-order valence-corrected chi connectivity index (χ1v) is 8.65. The van der Waals surface area contributed by atoms with Crippen LogP contribution in [0.4, 0.5) is 0 Å². The molecule has 0 saturated carbocycles. The summed E-state index contributed by atoms with van der Waals surface area (Å²) in [7, 11) is 0. The second kappa shape index (κ2) is 7.66. The standard InChI is InChI=1S/C18H26N4O2/c1-14(2)10-18(23)19-7-5-15-11-21(13-17-4-3-9-24-17)12-16-6-8-20-22(15)16/h3-4,6,8-9,14-15H,5,7,10-13H2,1-2H3,(H,19,23). The Bertz CT molecular complexity index is 648. The van der Waals surface area contributed by atoms with E-state index in [1.54, 1.807) is 6.26 Å². The summed E-state index contributed by atoms with van der Waals surface area (Å²) >= 11 is 0. The van der Waals surface area contributed by atoms with Crippen molar-refractivity contribution in [3.63, 3.8) is 0 Å². The number of aromatic nitrogens is 2. The van der Waals surface area contributed by atoms with Crippen molar-refractivity contribution in [2.75, 3.05) is 13.1 Å². The molecule has 0 aliphatic carbocycles. The molecule has 0 radical (unpaired) electrons. The van der Waals surface area contributed by atoms with Crippen molar-refractivity contribution >= 4 is 5.91 Å². The van der Waals surface area contributed by atoms with Crippen LogP contribution in [0, 0.1) is 5.92 Å². The zero-order valence-electron chi connectivity index (χ0n) is 14.4. The van der Waals surface area contributed by atoms with Gasteiger partial charge in [0.25, 0.3) is 0 Å². The maximum Gasteiger partial charge on any atom is 0.220 e. The van der Waals surface area contributed by atoms with Gasteiger partial charge in [-0.15, -0.1) is 0 Å². The topological polar surface area (TPSA) is 63.3 Å². The number of furan rings is 1. The molecule has 0 saturated heterocycles. The van der Waals surface area contributed by atoms with Crippen LogP contribution in [0.25, 0.3) is 0 Å². The van der Waals surface area contributed by atoms with E-state index in [4.69, 9.17) is 4.42 Å². The predicted molar refractivity (Wildman–Crippen MR) is 91.2 cm³/mol. The number of nitrogens with one attached hydrogen (secondary N) is 1. The molecule has 1 aliphatic rings. The van der Waals surface area contributed by atoms with Crippen LogP contribution >= 0.6 is 0 Å². The van der Waals surface area contributed by atoms with Gasteiger partial charge in [0.05, 0.1) is 24.5 Å². The van der Waals surface area contributed by atoms with Gasteiger partial charge in [0, 0.05) is 32.3 Å². The fourth-order valence-corrected chi connectivity index (χ4v) is 3.24. The summed E-state index contributed by atoms with van der Waals surface area (Å²) in [4.78, 5) is 14.2. The number of hydrogen-bond donors (Lipinski definition) is 1. The highest BCUT2D eigenvalue weighted by Gasteiger charge is 2.25. The zero-order chi connectivity index (χ0) is 16.9. The van der Waals surface area contributed by atoms with Crippen LogP contribution < -0.4 is 5.32 Å². The quantitative estimate of drug-likeness (QED) is 0.847. The minimum absolute atomic E-state index is 0.133. The molecule has 1 aliphatic heterocycles. The molecule has 1 N–H and O–H groups in total. The second-order valence-corrected chi connectivity index (χ2v) is 6.91. The lowest BCUT2D eigenvalue weighted by molar-refractivity contribution is -0.121. The zero-order valence-corrected chi connectivity index (χ0v) is 14.4. The highest BCUT2D eigenvalue weighted by molar-refractivity contribution is 5.75. The Balaban J connectivity index is 1.56. The molecule has 1 unspecified atom stereocenters. The first kappa shape index (κ1) is 16.8. The van der Waals surface area contributed by atoms with Crippen LogP contribution in [0.2, 0.25) is 0 Å².